The standard InChI is InChI=1S/C9H8ClF3O.C2H6/c1-5-2-6(4-9(11,12)13)7(10)3-8(5)14;1-2/h2-3,14H,4H2,1H3;1-2H3. The largest absolute Gasteiger partial charge is 0.508 e. The first-order valence-corrected chi connectivity index (χ1v) is 5.22. The zero-order valence-electron chi connectivity index (χ0n) is 9.32. The Bertz CT molecular complexity index is 348. The van der Waals surface area contributed by atoms with Crippen molar-refractivity contribution >= 4 is 11.6 Å². The van der Waals surface area contributed by atoms with Gasteiger partial charge in [-0.3, -0.25) is 0 Å². The molecular formula is C11H14ClF3O. The lowest BCUT2D eigenvalue weighted by molar-refractivity contribution is -0.127. The van der Waals surface area contributed by atoms with Crippen molar-refractivity contribution in [2.75, 3.05) is 0 Å². The van der Waals surface area contributed by atoms with Crippen LogP contribution in [-0.4, -0.2) is 11.3 Å². The van der Waals surface area contributed by atoms with Gasteiger partial charge in [-0.1, -0.05) is 31.5 Å². The third kappa shape index (κ3) is 4.75. The average Bonchev–Trinajstić information content (AvgIpc) is 2.15. The summed E-state index contributed by atoms with van der Waals surface area (Å²) in [6.07, 6.45) is -5.36. The van der Waals surface area contributed by atoms with Gasteiger partial charge in [0, 0.05) is 5.02 Å². The van der Waals surface area contributed by atoms with Crippen molar-refractivity contribution in [1.82, 2.24) is 0 Å². The molecule has 1 aromatic carbocycles. The Morgan fingerprint density at radius 2 is 1.75 bits per heavy atom. The zero-order valence-corrected chi connectivity index (χ0v) is 10.1. The van der Waals surface area contributed by atoms with Crippen molar-refractivity contribution in [2.24, 2.45) is 0 Å². The number of phenolic OH excluding ortho intramolecular Hbond substituents is 1. The van der Waals surface area contributed by atoms with Crippen LogP contribution in [0.15, 0.2) is 12.1 Å². The van der Waals surface area contributed by atoms with E-state index in [0.717, 1.165) is 6.07 Å². The van der Waals surface area contributed by atoms with E-state index in [0.29, 0.717) is 5.56 Å². The zero-order chi connectivity index (χ0) is 12.9. The molecule has 0 bridgehead atoms. The van der Waals surface area contributed by atoms with E-state index < -0.39 is 12.6 Å². The Balaban J connectivity index is 0.00000106. The minimum atomic E-state index is -4.28. The van der Waals surface area contributed by atoms with Crippen LogP contribution in [0.1, 0.15) is 25.0 Å². The second-order valence-corrected chi connectivity index (χ2v) is 3.43. The summed E-state index contributed by atoms with van der Waals surface area (Å²) >= 11 is 5.55. The number of phenols is 1. The minimum absolute atomic E-state index is 0.0190. The van der Waals surface area contributed by atoms with Crippen molar-refractivity contribution in [2.45, 2.75) is 33.4 Å². The molecule has 1 aromatic rings. The van der Waals surface area contributed by atoms with E-state index in [1.165, 1.54) is 13.0 Å². The molecule has 1 N–H and O–H groups in total. The van der Waals surface area contributed by atoms with E-state index >= 15 is 0 Å². The Morgan fingerprint density at radius 3 is 2.19 bits per heavy atom. The molecule has 0 fully saturated rings. The van der Waals surface area contributed by atoms with Crippen molar-refractivity contribution < 1.29 is 18.3 Å². The molecular weight excluding hydrogens is 241 g/mol. The van der Waals surface area contributed by atoms with E-state index in [1.807, 2.05) is 13.8 Å². The van der Waals surface area contributed by atoms with Crippen LogP contribution in [0.5, 0.6) is 5.75 Å². The van der Waals surface area contributed by atoms with E-state index in [4.69, 9.17) is 16.7 Å². The van der Waals surface area contributed by atoms with Gasteiger partial charge in [-0.15, -0.1) is 0 Å². The molecule has 0 saturated carbocycles. The lowest BCUT2D eigenvalue weighted by Gasteiger charge is -2.09. The monoisotopic (exact) mass is 254 g/mol. The first-order valence-electron chi connectivity index (χ1n) is 4.84. The van der Waals surface area contributed by atoms with Gasteiger partial charge in [0.05, 0.1) is 6.42 Å². The smallest absolute Gasteiger partial charge is 0.393 e. The molecule has 0 aliphatic carbocycles. The van der Waals surface area contributed by atoms with Crippen LogP contribution in [0.25, 0.3) is 0 Å². The predicted octanol–water partition coefficient (Wildman–Crippen LogP) is 4.49. The normalized spacial score (nSPS) is 10.7. The van der Waals surface area contributed by atoms with Crippen molar-refractivity contribution in [3.63, 3.8) is 0 Å². The Hall–Kier alpha value is -0.900. The molecule has 1 nitrogen and oxygen atoms in total. The molecule has 0 aliphatic heterocycles. The highest BCUT2D eigenvalue weighted by Gasteiger charge is 2.28. The summed E-state index contributed by atoms with van der Waals surface area (Å²) in [6.45, 7) is 5.52. The quantitative estimate of drug-likeness (QED) is 0.783. The van der Waals surface area contributed by atoms with Gasteiger partial charge in [-0.25, -0.2) is 0 Å². The molecule has 1 rings (SSSR count). The van der Waals surface area contributed by atoms with E-state index in [-0.39, 0.29) is 16.3 Å². The lowest BCUT2D eigenvalue weighted by atomic mass is 10.1. The fraction of sp³-hybridized carbons (Fsp3) is 0.455. The number of aryl methyl sites for hydroxylation is 1. The van der Waals surface area contributed by atoms with Crippen LogP contribution in [0, 0.1) is 6.92 Å². The van der Waals surface area contributed by atoms with Crippen molar-refractivity contribution in [3.05, 3.63) is 28.3 Å². The molecule has 0 heterocycles. The van der Waals surface area contributed by atoms with Crippen LogP contribution < -0.4 is 0 Å². The summed E-state index contributed by atoms with van der Waals surface area (Å²) in [4.78, 5) is 0. The summed E-state index contributed by atoms with van der Waals surface area (Å²) in [5.74, 6) is -0.0964. The average molecular weight is 255 g/mol. The van der Waals surface area contributed by atoms with Crippen molar-refractivity contribution in [1.29, 1.82) is 0 Å². The van der Waals surface area contributed by atoms with Crippen LogP contribution in [0.3, 0.4) is 0 Å². The van der Waals surface area contributed by atoms with Gasteiger partial charge < -0.3 is 5.11 Å². The molecule has 0 atom stereocenters. The van der Waals surface area contributed by atoms with Crippen LogP contribution in [0.2, 0.25) is 5.02 Å². The number of rotatable bonds is 1. The Morgan fingerprint density at radius 1 is 1.25 bits per heavy atom. The first-order chi connectivity index (χ1) is 7.29. The molecule has 0 spiro atoms. The fourth-order valence-electron chi connectivity index (χ4n) is 1.08. The van der Waals surface area contributed by atoms with Crippen LogP contribution in [-0.2, 0) is 6.42 Å². The molecule has 0 saturated heterocycles. The molecule has 16 heavy (non-hydrogen) atoms. The number of aromatic hydroxyl groups is 1. The SMILES string of the molecule is CC.Cc1cc(CC(F)(F)F)c(Cl)cc1O. The number of hydrogen-bond acceptors (Lipinski definition) is 1. The van der Waals surface area contributed by atoms with Crippen molar-refractivity contribution in [3.8, 4) is 5.75 Å². The third-order valence-electron chi connectivity index (χ3n) is 1.76. The first kappa shape index (κ1) is 15.1. The number of halogens is 4. The van der Waals surface area contributed by atoms with E-state index in [1.54, 1.807) is 0 Å². The topological polar surface area (TPSA) is 20.2 Å². The number of benzene rings is 1. The summed E-state index contributed by atoms with van der Waals surface area (Å²) in [5, 5.41) is 9.09. The van der Waals surface area contributed by atoms with Gasteiger partial charge in [0.15, 0.2) is 0 Å². The molecule has 0 radical (unpaired) electrons. The van der Waals surface area contributed by atoms with Crippen LogP contribution >= 0.6 is 11.6 Å². The highest BCUT2D eigenvalue weighted by Crippen LogP contribution is 2.30. The Kier molecular flexibility index (Phi) is 5.65. The summed E-state index contributed by atoms with van der Waals surface area (Å²) in [5.41, 5.74) is 0.364. The van der Waals surface area contributed by atoms with Gasteiger partial charge in [0.2, 0.25) is 0 Å². The second kappa shape index (κ2) is 5.99. The maximum Gasteiger partial charge on any atom is 0.393 e. The van der Waals surface area contributed by atoms with Crippen LogP contribution in [0.4, 0.5) is 13.2 Å². The molecule has 0 aliphatic rings. The fourth-order valence-corrected chi connectivity index (χ4v) is 1.31. The highest BCUT2D eigenvalue weighted by atomic mass is 35.5. The van der Waals surface area contributed by atoms with E-state index in [2.05, 4.69) is 0 Å². The Labute approximate surface area is 97.9 Å². The molecule has 0 aromatic heterocycles. The number of hydrogen-bond donors (Lipinski definition) is 1. The summed E-state index contributed by atoms with van der Waals surface area (Å²) in [6, 6.07) is 2.36. The maximum atomic E-state index is 12.0. The van der Waals surface area contributed by atoms with Gasteiger partial charge >= 0.3 is 6.18 Å². The highest BCUT2D eigenvalue weighted by molar-refractivity contribution is 6.31. The predicted molar refractivity (Wildman–Crippen MR) is 59.0 cm³/mol. The maximum absolute atomic E-state index is 12.0. The van der Waals surface area contributed by atoms with Gasteiger partial charge in [0.25, 0.3) is 0 Å². The number of alkyl halides is 3. The minimum Gasteiger partial charge on any atom is -0.508 e. The summed E-state index contributed by atoms with van der Waals surface area (Å²) < 4.78 is 36.1. The second-order valence-electron chi connectivity index (χ2n) is 3.02. The van der Waals surface area contributed by atoms with E-state index in [9.17, 15) is 13.2 Å². The third-order valence-corrected chi connectivity index (χ3v) is 2.11. The van der Waals surface area contributed by atoms with Gasteiger partial charge in [-0.2, -0.15) is 13.2 Å². The molecule has 0 unspecified atom stereocenters. The van der Waals surface area contributed by atoms with Gasteiger partial charge in [0.1, 0.15) is 5.75 Å². The summed E-state index contributed by atoms with van der Waals surface area (Å²) in [7, 11) is 0. The van der Waals surface area contributed by atoms with Gasteiger partial charge in [-0.05, 0) is 24.1 Å². The molecule has 92 valence electrons. The molecule has 5 heteroatoms. The lowest BCUT2D eigenvalue weighted by Crippen LogP contribution is -2.11. The molecule has 0 amide bonds.